The van der Waals surface area contributed by atoms with Gasteiger partial charge in [0, 0.05) is 10.5 Å². The first-order chi connectivity index (χ1) is 8.35. The number of hydrogen-bond acceptors (Lipinski definition) is 4. The number of alkyl carbamates (subject to hydrolysis) is 1. The molecule has 1 aliphatic heterocycles. The van der Waals surface area contributed by atoms with Crippen LogP contribution < -0.4 is 5.32 Å². The molecule has 0 bridgehead atoms. The fourth-order valence-electron chi connectivity index (χ4n) is 1.42. The fourth-order valence-corrected chi connectivity index (χ4v) is 1.96. The summed E-state index contributed by atoms with van der Waals surface area (Å²) in [6, 6.07) is 5.06. The summed E-state index contributed by atoms with van der Waals surface area (Å²) in [6.07, 6.45) is -1.96. The summed E-state index contributed by atoms with van der Waals surface area (Å²) >= 11 is -0.255. The second kappa shape index (κ2) is 4.52. The maximum absolute atomic E-state index is 12.1. The van der Waals surface area contributed by atoms with Gasteiger partial charge in [-0.15, -0.1) is 0 Å². The van der Waals surface area contributed by atoms with Gasteiger partial charge < -0.3 is 4.74 Å². The predicted molar refractivity (Wildman–Crippen MR) is 55.7 cm³/mol. The quantitative estimate of drug-likeness (QED) is 0.844. The molecule has 0 aliphatic carbocycles. The largest absolute Gasteiger partial charge is 0.446 e. The smallest absolute Gasteiger partial charge is 0.431 e. The number of carbonyl (C=O) groups excluding carboxylic acids is 2. The summed E-state index contributed by atoms with van der Waals surface area (Å²) in [4.78, 5) is 22.0. The van der Waals surface area contributed by atoms with Gasteiger partial charge in [-0.1, -0.05) is 12.1 Å². The Hall–Kier alpha value is -1.70. The Morgan fingerprint density at radius 3 is 2.22 bits per heavy atom. The minimum absolute atomic E-state index is 0.00372. The molecule has 1 aliphatic rings. The van der Waals surface area contributed by atoms with Crippen molar-refractivity contribution in [3.05, 3.63) is 29.8 Å². The van der Waals surface area contributed by atoms with Crippen molar-refractivity contribution in [3.63, 3.8) is 0 Å². The molecule has 18 heavy (non-hydrogen) atoms. The number of carbonyl (C=O) groups is 2. The van der Waals surface area contributed by atoms with Gasteiger partial charge in [0.1, 0.15) is 0 Å². The molecule has 4 nitrogen and oxygen atoms in total. The minimum Gasteiger partial charge on any atom is -0.431 e. The molecule has 2 rings (SSSR count). The summed E-state index contributed by atoms with van der Waals surface area (Å²) in [5, 5.41) is 1.93. The van der Waals surface area contributed by atoms with Crippen molar-refractivity contribution in [2.75, 3.05) is 0 Å². The number of thioether (sulfide) groups is 1. The molecular formula is C10H6F3NO3S. The fraction of sp³-hybridized carbons (Fsp3) is 0.200. The lowest BCUT2D eigenvalue weighted by Gasteiger charge is -2.08. The van der Waals surface area contributed by atoms with E-state index in [2.05, 4.69) is 4.74 Å². The SMILES string of the molecule is O=C1NC(=O)C(c2ccc(SC(F)(F)F)cc2)O1. The molecule has 2 amide bonds. The van der Waals surface area contributed by atoms with Gasteiger partial charge in [-0.3, -0.25) is 10.1 Å². The Morgan fingerprint density at radius 2 is 1.78 bits per heavy atom. The molecule has 1 atom stereocenters. The molecule has 1 N–H and O–H groups in total. The zero-order valence-corrected chi connectivity index (χ0v) is 9.47. The first-order valence-corrected chi connectivity index (χ1v) is 5.54. The summed E-state index contributed by atoms with van der Waals surface area (Å²) in [6.45, 7) is 0. The zero-order chi connectivity index (χ0) is 13.3. The molecule has 1 saturated heterocycles. The van der Waals surface area contributed by atoms with E-state index in [-0.39, 0.29) is 16.7 Å². The lowest BCUT2D eigenvalue weighted by Crippen LogP contribution is -2.20. The molecule has 0 radical (unpaired) electrons. The molecule has 1 heterocycles. The van der Waals surface area contributed by atoms with E-state index in [4.69, 9.17) is 0 Å². The van der Waals surface area contributed by atoms with Gasteiger partial charge in [-0.25, -0.2) is 4.79 Å². The van der Waals surface area contributed by atoms with Crippen LogP contribution in [-0.4, -0.2) is 17.5 Å². The Kier molecular flexibility index (Phi) is 3.20. The second-order valence-corrected chi connectivity index (χ2v) is 4.53. The Morgan fingerprint density at radius 1 is 1.17 bits per heavy atom. The maximum Gasteiger partial charge on any atom is 0.446 e. The normalized spacial score (nSPS) is 19.6. The van der Waals surface area contributed by atoms with Gasteiger partial charge in [-0.05, 0) is 23.9 Å². The number of alkyl halides is 3. The van der Waals surface area contributed by atoms with E-state index >= 15 is 0 Å². The van der Waals surface area contributed by atoms with E-state index in [0.29, 0.717) is 5.56 Å². The van der Waals surface area contributed by atoms with Crippen molar-refractivity contribution < 1.29 is 27.5 Å². The number of ether oxygens (including phenoxy) is 1. The summed E-state index contributed by atoms with van der Waals surface area (Å²) in [5.41, 5.74) is -4.04. The van der Waals surface area contributed by atoms with Crippen LogP contribution in [-0.2, 0) is 9.53 Å². The number of hydrogen-bond donors (Lipinski definition) is 1. The molecule has 0 saturated carbocycles. The third kappa shape index (κ3) is 2.95. The van der Waals surface area contributed by atoms with E-state index in [1.54, 1.807) is 0 Å². The molecular weight excluding hydrogens is 271 g/mol. The number of nitrogens with one attached hydrogen (secondary N) is 1. The van der Waals surface area contributed by atoms with Crippen LogP contribution in [0.2, 0.25) is 0 Å². The van der Waals surface area contributed by atoms with Crippen molar-refractivity contribution in [1.82, 2.24) is 5.32 Å². The zero-order valence-electron chi connectivity index (χ0n) is 8.65. The first-order valence-electron chi connectivity index (χ1n) is 4.72. The molecule has 1 aromatic carbocycles. The first kappa shape index (κ1) is 12.7. The summed E-state index contributed by atoms with van der Waals surface area (Å²) in [7, 11) is 0. The third-order valence-electron chi connectivity index (χ3n) is 2.10. The highest BCUT2D eigenvalue weighted by Gasteiger charge is 2.34. The van der Waals surface area contributed by atoms with Crippen molar-refractivity contribution in [3.8, 4) is 0 Å². The van der Waals surface area contributed by atoms with Gasteiger partial charge in [0.2, 0.25) is 6.10 Å². The Bertz CT molecular complexity index is 486. The lowest BCUT2D eigenvalue weighted by atomic mass is 10.1. The van der Waals surface area contributed by atoms with Crippen molar-refractivity contribution in [2.45, 2.75) is 16.5 Å². The van der Waals surface area contributed by atoms with Crippen molar-refractivity contribution in [1.29, 1.82) is 0 Å². The van der Waals surface area contributed by atoms with Gasteiger partial charge in [0.25, 0.3) is 5.91 Å². The van der Waals surface area contributed by atoms with Crippen LogP contribution in [0, 0.1) is 0 Å². The van der Waals surface area contributed by atoms with Gasteiger partial charge in [-0.2, -0.15) is 13.2 Å². The maximum atomic E-state index is 12.1. The average Bonchev–Trinajstić information content (AvgIpc) is 2.57. The lowest BCUT2D eigenvalue weighted by molar-refractivity contribution is -0.123. The van der Waals surface area contributed by atoms with Crippen molar-refractivity contribution >= 4 is 23.8 Å². The minimum atomic E-state index is -4.36. The van der Waals surface area contributed by atoms with Gasteiger partial charge in [0.15, 0.2) is 0 Å². The van der Waals surface area contributed by atoms with Crippen LogP contribution >= 0.6 is 11.8 Å². The van der Waals surface area contributed by atoms with E-state index in [0.717, 1.165) is 0 Å². The molecule has 1 unspecified atom stereocenters. The van der Waals surface area contributed by atoms with Crippen molar-refractivity contribution in [2.24, 2.45) is 0 Å². The van der Waals surface area contributed by atoms with E-state index in [1.807, 2.05) is 5.32 Å². The topological polar surface area (TPSA) is 55.4 Å². The average molecular weight is 277 g/mol. The summed E-state index contributed by atoms with van der Waals surface area (Å²) in [5.74, 6) is -0.628. The van der Waals surface area contributed by atoms with E-state index in [9.17, 15) is 22.8 Å². The van der Waals surface area contributed by atoms with Crippen LogP contribution in [0.1, 0.15) is 11.7 Å². The van der Waals surface area contributed by atoms with Gasteiger partial charge >= 0.3 is 11.6 Å². The second-order valence-electron chi connectivity index (χ2n) is 3.39. The predicted octanol–water partition coefficient (Wildman–Crippen LogP) is 2.61. The monoisotopic (exact) mass is 277 g/mol. The van der Waals surface area contributed by atoms with E-state index < -0.39 is 23.6 Å². The number of benzene rings is 1. The standard InChI is InChI=1S/C10H6F3NO3S/c11-10(12,13)18-6-3-1-5(2-4-6)7-8(15)14-9(16)17-7/h1-4,7H,(H,14,15,16). The van der Waals surface area contributed by atoms with Gasteiger partial charge in [0.05, 0.1) is 0 Å². The van der Waals surface area contributed by atoms with Crippen LogP contribution in [0.4, 0.5) is 18.0 Å². The molecule has 1 fully saturated rings. The molecule has 1 aromatic rings. The highest BCUT2D eigenvalue weighted by atomic mass is 32.2. The number of halogens is 3. The van der Waals surface area contributed by atoms with Crippen LogP contribution in [0.25, 0.3) is 0 Å². The van der Waals surface area contributed by atoms with Crippen LogP contribution in [0.3, 0.4) is 0 Å². The number of imide groups is 1. The highest BCUT2D eigenvalue weighted by Crippen LogP contribution is 2.37. The molecule has 96 valence electrons. The van der Waals surface area contributed by atoms with Crippen LogP contribution in [0.15, 0.2) is 29.2 Å². The number of amides is 2. The summed E-state index contributed by atoms with van der Waals surface area (Å²) < 4.78 is 40.9. The van der Waals surface area contributed by atoms with E-state index in [1.165, 1.54) is 24.3 Å². The third-order valence-corrected chi connectivity index (χ3v) is 2.84. The molecule has 0 spiro atoms. The molecule has 8 heteroatoms. The Balaban J connectivity index is 2.13. The van der Waals surface area contributed by atoms with Crippen LogP contribution in [0.5, 0.6) is 0 Å². The number of cyclic esters (lactones) is 1. The Labute approximate surface area is 103 Å². The number of rotatable bonds is 2. The highest BCUT2D eigenvalue weighted by molar-refractivity contribution is 8.00. The molecule has 0 aromatic heterocycles.